The molecular formula is C49H94NO9P. The molecule has 0 amide bonds. The van der Waals surface area contributed by atoms with Crippen molar-refractivity contribution in [2.24, 2.45) is 5.73 Å². The Morgan fingerprint density at radius 1 is 0.533 bits per heavy atom. The summed E-state index contributed by atoms with van der Waals surface area (Å²) in [6.45, 7) is 3.90. The van der Waals surface area contributed by atoms with E-state index in [1.165, 1.54) is 161 Å². The predicted molar refractivity (Wildman–Crippen MR) is 249 cm³/mol. The number of hydrogen-bond donors (Lipinski definition) is 3. The van der Waals surface area contributed by atoms with Gasteiger partial charge in [-0.15, -0.1) is 0 Å². The average molecular weight is 872 g/mol. The largest absolute Gasteiger partial charge is 0.480 e. The van der Waals surface area contributed by atoms with Crippen LogP contribution in [0.15, 0.2) is 24.3 Å². The second kappa shape index (κ2) is 45.5. The maximum Gasteiger partial charge on any atom is 0.472 e. The molecule has 0 aromatic heterocycles. The predicted octanol–water partition coefficient (Wildman–Crippen LogP) is 14.3. The van der Waals surface area contributed by atoms with Crippen molar-refractivity contribution in [3.63, 3.8) is 0 Å². The van der Waals surface area contributed by atoms with Crippen LogP contribution in [0.2, 0.25) is 0 Å². The lowest BCUT2D eigenvalue weighted by Gasteiger charge is -2.20. The fourth-order valence-corrected chi connectivity index (χ4v) is 7.88. The molecule has 0 bridgehead atoms. The molecule has 4 N–H and O–H groups in total. The Morgan fingerprint density at radius 2 is 0.917 bits per heavy atom. The summed E-state index contributed by atoms with van der Waals surface area (Å²) < 4.78 is 33.5. The van der Waals surface area contributed by atoms with E-state index in [0.717, 1.165) is 51.4 Å². The maximum absolute atomic E-state index is 12.7. The highest BCUT2D eigenvalue weighted by Crippen LogP contribution is 2.43. The first-order valence-electron chi connectivity index (χ1n) is 24.9. The second-order valence-electron chi connectivity index (χ2n) is 17.0. The zero-order valence-electron chi connectivity index (χ0n) is 38.8. The van der Waals surface area contributed by atoms with Gasteiger partial charge in [-0.3, -0.25) is 18.6 Å². The van der Waals surface area contributed by atoms with Crippen molar-refractivity contribution in [1.29, 1.82) is 0 Å². The van der Waals surface area contributed by atoms with Crippen LogP contribution in [0.4, 0.5) is 0 Å². The van der Waals surface area contributed by atoms with Gasteiger partial charge in [-0.1, -0.05) is 212 Å². The first-order valence-corrected chi connectivity index (χ1v) is 26.4. The molecule has 0 aliphatic carbocycles. The van der Waals surface area contributed by atoms with Crippen molar-refractivity contribution in [3.05, 3.63) is 24.3 Å². The van der Waals surface area contributed by atoms with Crippen LogP contribution in [0.1, 0.15) is 239 Å². The standard InChI is InChI=1S/C49H94NO9P/c1-3-5-7-9-11-13-15-17-19-21-23-25-27-29-31-33-35-37-39-41-48(51)59-46(44-57-60(54,55)58-45-47(50)49(52)53)43-56-42-40-38-36-34-32-30-28-26-24-22-20-18-16-14-12-10-8-6-4-2/h11,13,17,19,46-47H,3-10,12,14-16,18,20-45,50H2,1-2H3,(H,52,53)(H,54,55)/b13-11-,19-17-. The highest BCUT2D eigenvalue weighted by molar-refractivity contribution is 7.47. The van der Waals surface area contributed by atoms with Crippen LogP contribution >= 0.6 is 7.82 Å². The van der Waals surface area contributed by atoms with Crippen LogP contribution < -0.4 is 5.73 Å². The Balaban J connectivity index is 4.14. The zero-order valence-corrected chi connectivity index (χ0v) is 39.7. The number of phosphoric ester groups is 1. The first kappa shape index (κ1) is 58.5. The monoisotopic (exact) mass is 872 g/mol. The molecule has 0 aromatic rings. The summed E-state index contributed by atoms with van der Waals surface area (Å²) in [7, 11) is -4.62. The van der Waals surface area contributed by atoms with Crippen LogP contribution in [0.5, 0.6) is 0 Å². The van der Waals surface area contributed by atoms with Crippen LogP contribution in [-0.4, -0.2) is 60.5 Å². The van der Waals surface area contributed by atoms with Gasteiger partial charge in [-0.05, 0) is 44.9 Å². The summed E-state index contributed by atoms with van der Waals surface area (Å²) in [5.41, 5.74) is 5.37. The third-order valence-corrected chi connectivity index (χ3v) is 11.9. The average Bonchev–Trinajstić information content (AvgIpc) is 3.23. The SMILES string of the molecule is CCCCC/C=C\C/C=C\CCCCCCCCCCCC(=O)OC(COCCCCCCCCCCCCCCCCCCCCC)COP(=O)(O)OCC(N)C(=O)O. The molecule has 354 valence electrons. The Hall–Kier alpha value is -1.55. The number of ether oxygens (including phenoxy) is 2. The smallest absolute Gasteiger partial charge is 0.472 e. The molecule has 0 radical (unpaired) electrons. The molecule has 0 saturated heterocycles. The lowest BCUT2D eigenvalue weighted by Crippen LogP contribution is -2.34. The van der Waals surface area contributed by atoms with Crippen molar-refractivity contribution in [2.75, 3.05) is 26.4 Å². The highest BCUT2D eigenvalue weighted by atomic mass is 31.2. The molecule has 11 heteroatoms. The van der Waals surface area contributed by atoms with Gasteiger partial charge in [0, 0.05) is 13.0 Å². The van der Waals surface area contributed by atoms with Crippen molar-refractivity contribution < 1.29 is 42.7 Å². The Kier molecular flexibility index (Phi) is 44.3. The topological polar surface area (TPSA) is 155 Å². The number of carbonyl (C=O) groups is 2. The minimum Gasteiger partial charge on any atom is -0.480 e. The van der Waals surface area contributed by atoms with E-state index >= 15 is 0 Å². The summed E-state index contributed by atoms with van der Waals surface area (Å²) in [6, 6.07) is -1.47. The van der Waals surface area contributed by atoms with Gasteiger partial charge in [0.05, 0.1) is 19.8 Å². The van der Waals surface area contributed by atoms with Crippen molar-refractivity contribution in [1.82, 2.24) is 0 Å². The van der Waals surface area contributed by atoms with Crippen LogP contribution in [0.3, 0.4) is 0 Å². The molecule has 0 spiro atoms. The molecule has 0 aliphatic rings. The molecule has 0 heterocycles. The van der Waals surface area contributed by atoms with Gasteiger partial charge in [0.1, 0.15) is 12.1 Å². The van der Waals surface area contributed by atoms with E-state index in [2.05, 4.69) is 38.2 Å². The number of hydrogen-bond acceptors (Lipinski definition) is 8. The zero-order chi connectivity index (χ0) is 44.0. The number of rotatable bonds is 48. The van der Waals surface area contributed by atoms with Crippen molar-refractivity contribution in [3.8, 4) is 0 Å². The number of carboxylic acids is 1. The molecule has 3 unspecified atom stereocenters. The molecule has 0 rings (SSSR count). The highest BCUT2D eigenvalue weighted by Gasteiger charge is 2.27. The number of phosphoric acid groups is 1. The molecule has 0 aromatic carbocycles. The fourth-order valence-electron chi connectivity index (χ4n) is 7.11. The molecule has 3 atom stereocenters. The van der Waals surface area contributed by atoms with Crippen LogP contribution in [0, 0.1) is 0 Å². The van der Waals surface area contributed by atoms with Gasteiger partial charge in [0.25, 0.3) is 0 Å². The van der Waals surface area contributed by atoms with E-state index in [1.54, 1.807) is 0 Å². The third kappa shape index (κ3) is 44.5. The van der Waals surface area contributed by atoms with Gasteiger partial charge in [0.2, 0.25) is 0 Å². The van der Waals surface area contributed by atoms with Gasteiger partial charge in [-0.25, -0.2) is 4.57 Å². The maximum atomic E-state index is 12.7. The second-order valence-corrected chi connectivity index (χ2v) is 18.4. The van der Waals surface area contributed by atoms with E-state index in [9.17, 15) is 19.0 Å². The summed E-state index contributed by atoms with van der Waals surface area (Å²) in [6.07, 6.45) is 50.8. The van der Waals surface area contributed by atoms with Crippen LogP contribution in [0.25, 0.3) is 0 Å². The molecule has 0 aliphatic heterocycles. The molecule has 10 nitrogen and oxygen atoms in total. The molecular weight excluding hydrogens is 778 g/mol. The number of aliphatic carboxylic acids is 1. The first-order chi connectivity index (χ1) is 29.2. The summed E-state index contributed by atoms with van der Waals surface area (Å²) in [5, 5.41) is 8.92. The summed E-state index contributed by atoms with van der Waals surface area (Å²) in [5.74, 6) is -1.77. The van der Waals surface area contributed by atoms with E-state index < -0.39 is 45.1 Å². The third-order valence-electron chi connectivity index (χ3n) is 11.0. The number of nitrogens with two attached hydrogens (primary N) is 1. The van der Waals surface area contributed by atoms with Crippen molar-refractivity contribution in [2.45, 2.75) is 251 Å². The van der Waals surface area contributed by atoms with E-state index in [0.29, 0.717) is 13.0 Å². The lowest BCUT2D eigenvalue weighted by atomic mass is 10.0. The van der Waals surface area contributed by atoms with E-state index in [1.807, 2.05) is 0 Å². The molecule has 60 heavy (non-hydrogen) atoms. The summed E-state index contributed by atoms with van der Waals surface area (Å²) >= 11 is 0. The Morgan fingerprint density at radius 3 is 1.38 bits per heavy atom. The number of carboxylic acid groups (broad SMARTS) is 1. The normalized spacial score (nSPS) is 13.9. The van der Waals surface area contributed by atoms with Crippen molar-refractivity contribution >= 4 is 19.8 Å². The number of esters is 1. The number of unbranched alkanes of at least 4 members (excludes halogenated alkanes) is 30. The van der Waals surface area contributed by atoms with E-state index in [4.69, 9.17) is 29.4 Å². The number of allylic oxidation sites excluding steroid dienone is 4. The minimum atomic E-state index is -4.62. The van der Waals surface area contributed by atoms with Gasteiger partial charge >= 0.3 is 19.8 Å². The molecule has 0 saturated carbocycles. The lowest BCUT2D eigenvalue weighted by molar-refractivity contribution is -0.154. The minimum absolute atomic E-state index is 0.0201. The Labute approximate surface area is 368 Å². The fraction of sp³-hybridized carbons (Fsp3) is 0.878. The summed E-state index contributed by atoms with van der Waals surface area (Å²) in [4.78, 5) is 33.7. The van der Waals surface area contributed by atoms with Gasteiger partial charge in [-0.2, -0.15) is 0 Å². The van der Waals surface area contributed by atoms with Gasteiger partial charge < -0.3 is 25.2 Å². The molecule has 0 fully saturated rings. The van der Waals surface area contributed by atoms with E-state index in [-0.39, 0.29) is 13.0 Å². The van der Waals surface area contributed by atoms with Gasteiger partial charge in [0.15, 0.2) is 0 Å². The quantitative estimate of drug-likeness (QED) is 0.0233. The Bertz CT molecular complexity index is 1060. The number of carbonyl (C=O) groups excluding carboxylic acids is 1. The van der Waals surface area contributed by atoms with Crippen LogP contribution in [-0.2, 0) is 32.7 Å².